The van der Waals surface area contributed by atoms with Crippen LogP contribution in [-0.2, 0) is 0 Å². The number of nitrogens with one attached hydrogen (secondary N) is 1. The fourth-order valence-electron chi connectivity index (χ4n) is 1.35. The van der Waals surface area contributed by atoms with Gasteiger partial charge < -0.3 is 5.32 Å². The molecule has 0 radical (unpaired) electrons. The molecule has 0 aliphatic carbocycles. The Morgan fingerprint density at radius 3 is 2.60 bits per heavy atom. The van der Waals surface area contributed by atoms with Crippen molar-refractivity contribution in [2.24, 2.45) is 5.92 Å². The molecule has 86 valence electrons. The van der Waals surface area contributed by atoms with Crippen LogP contribution in [0.2, 0.25) is 0 Å². The van der Waals surface area contributed by atoms with Crippen molar-refractivity contribution in [3.63, 3.8) is 0 Å². The monoisotopic (exact) mass is 215 g/mol. The third-order valence-corrected chi connectivity index (χ3v) is 2.81. The number of halogens is 2. The summed E-state index contributed by atoms with van der Waals surface area (Å²) in [4.78, 5) is 0. The number of benzene rings is 1. The molecule has 0 amide bonds. The molecule has 15 heavy (non-hydrogen) atoms. The first-order valence-corrected chi connectivity index (χ1v) is 5.26. The number of anilines is 1. The van der Waals surface area contributed by atoms with Gasteiger partial charge in [0.15, 0.2) is 0 Å². The molecule has 0 saturated heterocycles. The zero-order chi connectivity index (χ0) is 11.4. The van der Waals surface area contributed by atoms with Gasteiger partial charge in [-0.15, -0.1) is 0 Å². The molecule has 1 unspecified atom stereocenters. The molecule has 0 aromatic heterocycles. The molecule has 0 aliphatic heterocycles. The van der Waals surface area contributed by atoms with Gasteiger partial charge in [-0.1, -0.05) is 20.3 Å². The van der Waals surface area contributed by atoms with E-state index in [1.54, 1.807) is 0 Å². The predicted octanol–water partition coefficient (Wildman–Crippen LogP) is 4.06. The summed E-state index contributed by atoms with van der Waals surface area (Å²) in [6, 6.07) is 3.58. The average molecular weight is 215 g/mol. The molecule has 0 heterocycles. The van der Waals surface area contributed by atoms with Crippen molar-refractivity contribution < 1.29 is 10.2 Å². The van der Waals surface area contributed by atoms with Gasteiger partial charge in [0.25, 0.3) is 0 Å². The lowest BCUT2D eigenvalue weighted by Gasteiger charge is -2.21. The molecule has 0 bridgehead atoms. The fraction of sp³-hybridized carbons (Fsp3) is 0.500. The maximum absolute atomic E-state index is 13.3. The molecule has 2 atom stereocenters. The standard InChI is InChI=1S/C12H17F2N.H2/c1-4-8(2)9(3)15-12-7-10(13)5-6-11(12)14;/h5-9,15H,4H2,1-3H3;1H/t8?,9-;/m0./s1. The molecular formula is C12H19F2N. The molecular weight excluding hydrogens is 196 g/mol. The van der Waals surface area contributed by atoms with Crippen LogP contribution < -0.4 is 5.32 Å². The molecule has 3 heteroatoms. The maximum Gasteiger partial charge on any atom is 0.146 e. The van der Waals surface area contributed by atoms with Crippen molar-refractivity contribution >= 4 is 5.69 Å². The van der Waals surface area contributed by atoms with Gasteiger partial charge >= 0.3 is 0 Å². The zero-order valence-corrected chi connectivity index (χ0v) is 9.35. The van der Waals surface area contributed by atoms with Gasteiger partial charge in [0.05, 0.1) is 5.69 Å². The summed E-state index contributed by atoms with van der Waals surface area (Å²) >= 11 is 0. The van der Waals surface area contributed by atoms with E-state index in [0.717, 1.165) is 18.6 Å². The van der Waals surface area contributed by atoms with Crippen molar-refractivity contribution in [3.8, 4) is 0 Å². The quantitative estimate of drug-likeness (QED) is 0.798. The average Bonchev–Trinajstić information content (AvgIpc) is 2.22. The fourth-order valence-corrected chi connectivity index (χ4v) is 1.35. The summed E-state index contributed by atoms with van der Waals surface area (Å²) in [6.07, 6.45) is 1.01. The van der Waals surface area contributed by atoms with Crippen LogP contribution in [0.4, 0.5) is 14.5 Å². The highest BCUT2D eigenvalue weighted by molar-refractivity contribution is 5.45. The zero-order valence-electron chi connectivity index (χ0n) is 9.35. The highest BCUT2D eigenvalue weighted by Crippen LogP contribution is 2.19. The summed E-state index contributed by atoms with van der Waals surface area (Å²) in [5, 5.41) is 2.99. The van der Waals surface area contributed by atoms with Crippen molar-refractivity contribution in [1.82, 2.24) is 0 Å². The van der Waals surface area contributed by atoms with Gasteiger partial charge in [0.1, 0.15) is 11.6 Å². The summed E-state index contributed by atoms with van der Waals surface area (Å²) in [7, 11) is 0. The van der Waals surface area contributed by atoms with E-state index < -0.39 is 11.6 Å². The summed E-state index contributed by atoms with van der Waals surface area (Å²) in [5.41, 5.74) is 0.239. The smallest absolute Gasteiger partial charge is 0.146 e. The minimum atomic E-state index is -0.421. The van der Waals surface area contributed by atoms with Crippen LogP contribution >= 0.6 is 0 Å². The maximum atomic E-state index is 13.3. The van der Waals surface area contributed by atoms with Crippen LogP contribution in [-0.4, -0.2) is 6.04 Å². The number of rotatable bonds is 4. The molecule has 0 spiro atoms. The molecule has 0 aliphatic rings. The minimum absolute atomic E-state index is 0. The topological polar surface area (TPSA) is 12.0 Å². The van der Waals surface area contributed by atoms with Gasteiger partial charge in [-0.05, 0) is 31.0 Å². The molecule has 0 fully saturated rings. The lowest BCUT2D eigenvalue weighted by molar-refractivity contribution is 0.491. The van der Waals surface area contributed by atoms with E-state index in [-0.39, 0.29) is 13.2 Å². The van der Waals surface area contributed by atoms with E-state index in [0.29, 0.717) is 5.92 Å². The van der Waals surface area contributed by atoms with Crippen LogP contribution in [0.3, 0.4) is 0 Å². The van der Waals surface area contributed by atoms with E-state index in [1.165, 1.54) is 6.07 Å². The Labute approximate surface area is 91.0 Å². The third-order valence-electron chi connectivity index (χ3n) is 2.81. The highest BCUT2D eigenvalue weighted by atomic mass is 19.1. The van der Waals surface area contributed by atoms with Crippen molar-refractivity contribution in [1.29, 1.82) is 0 Å². The van der Waals surface area contributed by atoms with Crippen LogP contribution in [0.1, 0.15) is 28.6 Å². The predicted molar refractivity (Wildman–Crippen MR) is 61.0 cm³/mol. The Morgan fingerprint density at radius 1 is 1.33 bits per heavy atom. The van der Waals surface area contributed by atoms with E-state index in [4.69, 9.17) is 0 Å². The molecule has 0 saturated carbocycles. The SMILES string of the molecule is CCC(C)[C@H](C)Nc1cc(F)ccc1F.[HH]. The summed E-state index contributed by atoms with van der Waals surface area (Å²) in [6.45, 7) is 6.12. The van der Waals surface area contributed by atoms with Crippen LogP contribution in [0.25, 0.3) is 0 Å². The largest absolute Gasteiger partial charge is 0.380 e. The Morgan fingerprint density at radius 2 is 2.00 bits per heavy atom. The first-order chi connectivity index (χ1) is 7.04. The number of hydrogen-bond donors (Lipinski definition) is 1. The highest BCUT2D eigenvalue weighted by Gasteiger charge is 2.12. The Kier molecular flexibility index (Phi) is 4.06. The lowest BCUT2D eigenvalue weighted by Crippen LogP contribution is -2.23. The summed E-state index contributed by atoms with van der Waals surface area (Å²) < 4.78 is 26.1. The van der Waals surface area contributed by atoms with Gasteiger partial charge in [-0.3, -0.25) is 0 Å². The van der Waals surface area contributed by atoms with E-state index >= 15 is 0 Å². The summed E-state index contributed by atoms with van der Waals surface area (Å²) in [5.74, 6) is -0.408. The van der Waals surface area contributed by atoms with E-state index in [1.807, 2.05) is 6.92 Å². The van der Waals surface area contributed by atoms with Crippen LogP contribution in [0, 0.1) is 17.6 Å². The first-order valence-electron chi connectivity index (χ1n) is 5.26. The second-order valence-electron chi connectivity index (χ2n) is 3.94. The normalized spacial score (nSPS) is 14.7. The van der Waals surface area contributed by atoms with Gasteiger partial charge in [0, 0.05) is 7.47 Å². The van der Waals surface area contributed by atoms with Crippen molar-refractivity contribution in [3.05, 3.63) is 29.8 Å². The van der Waals surface area contributed by atoms with Gasteiger partial charge in [-0.25, -0.2) is 8.78 Å². The molecule has 1 nitrogen and oxygen atoms in total. The second kappa shape index (κ2) is 5.10. The molecule has 1 rings (SSSR count). The minimum Gasteiger partial charge on any atom is -0.380 e. The number of hydrogen-bond acceptors (Lipinski definition) is 1. The second-order valence-corrected chi connectivity index (χ2v) is 3.94. The Bertz CT molecular complexity index is 331. The molecule has 1 N–H and O–H groups in total. The van der Waals surface area contributed by atoms with Crippen molar-refractivity contribution in [2.45, 2.75) is 33.2 Å². The first kappa shape index (κ1) is 12.0. The lowest BCUT2D eigenvalue weighted by atomic mass is 10.0. The van der Waals surface area contributed by atoms with E-state index in [9.17, 15) is 8.78 Å². The third kappa shape index (κ3) is 3.18. The van der Waals surface area contributed by atoms with Crippen LogP contribution in [0.15, 0.2) is 18.2 Å². The molecule has 1 aromatic rings. The molecule has 1 aromatic carbocycles. The Balaban J connectivity index is 0.00000225. The Hall–Kier alpha value is -1.12. The van der Waals surface area contributed by atoms with Gasteiger partial charge in [-0.2, -0.15) is 0 Å². The van der Waals surface area contributed by atoms with Gasteiger partial charge in [0.2, 0.25) is 0 Å². The van der Waals surface area contributed by atoms with E-state index in [2.05, 4.69) is 19.2 Å². The van der Waals surface area contributed by atoms with Crippen molar-refractivity contribution in [2.75, 3.05) is 5.32 Å². The van der Waals surface area contributed by atoms with Crippen LogP contribution in [0.5, 0.6) is 0 Å².